The Labute approximate surface area is 347 Å². The average molecular weight is 795 g/mol. The number of rotatable bonds is 10. The molecule has 0 aromatic heterocycles. The fourth-order valence-electron chi connectivity index (χ4n) is 9.73. The highest BCUT2D eigenvalue weighted by Crippen LogP contribution is 2.52. The van der Waals surface area contributed by atoms with E-state index in [0.717, 1.165) is 33.4 Å². The van der Waals surface area contributed by atoms with Gasteiger partial charge in [-0.05, 0) is 65.9 Å². The second-order valence-electron chi connectivity index (χ2n) is 17.8. The molecule has 5 heteroatoms. The lowest BCUT2D eigenvalue weighted by Crippen LogP contribution is -2.69. The molecule has 0 aliphatic heterocycles. The second-order valence-corrected chi connectivity index (χ2v) is 26.3. The van der Waals surface area contributed by atoms with Crippen LogP contribution in [0.1, 0.15) is 65.5 Å². The van der Waals surface area contributed by atoms with Gasteiger partial charge in [0, 0.05) is 11.1 Å². The van der Waals surface area contributed by atoms with Gasteiger partial charge < -0.3 is 8.85 Å². The monoisotopic (exact) mass is 794 g/mol. The molecule has 6 aromatic rings. The highest BCUT2D eigenvalue weighted by molar-refractivity contribution is 7.00. The van der Waals surface area contributed by atoms with Crippen LogP contribution in [0.15, 0.2) is 193 Å². The topological polar surface area (TPSA) is 35.5 Å². The first-order chi connectivity index (χ1) is 28.0. The summed E-state index contributed by atoms with van der Waals surface area (Å²) in [6.07, 6.45) is 0.691. The first kappa shape index (κ1) is 39.6. The lowest BCUT2D eigenvalue weighted by atomic mass is 9.83. The summed E-state index contributed by atoms with van der Waals surface area (Å²) in [7, 11) is -6.11. The number of carbonyl (C=O) groups is 1. The summed E-state index contributed by atoms with van der Waals surface area (Å²) in [5.41, 5.74) is 5.25. The van der Waals surface area contributed by atoms with Gasteiger partial charge in [0.15, 0.2) is 5.78 Å². The molecule has 0 saturated heterocycles. The summed E-state index contributed by atoms with van der Waals surface area (Å²) >= 11 is 0. The van der Waals surface area contributed by atoms with Gasteiger partial charge in [0.05, 0.1) is 12.2 Å². The predicted octanol–water partition coefficient (Wildman–Crippen LogP) is 10.2. The average Bonchev–Trinajstić information content (AvgIpc) is 3.56. The minimum absolute atomic E-state index is 0.0383. The summed E-state index contributed by atoms with van der Waals surface area (Å²) < 4.78 is 16.2. The van der Waals surface area contributed by atoms with Crippen molar-refractivity contribution in [1.29, 1.82) is 0 Å². The molecule has 1 fully saturated rings. The number of hydrogen-bond acceptors (Lipinski definition) is 3. The molecule has 0 bridgehead atoms. The predicted molar refractivity (Wildman–Crippen MR) is 246 cm³/mol. The zero-order chi connectivity index (χ0) is 40.5. The number of Topliss-reactive ketones (excluding diaryl/α,β-unsaturated/α-hetero) is 1. The molecule has 0 amide bonds. The summed E-state index contributed by atoms with van der Waals surface area (Å²) in [5, 5.41) is 4.39. The fraction of sp³-hybridized carbons (Fsp3) is 0.226. The Hall–Kier alpha value is -5.18. The Kier molecular flexibility index (Phi) is 10.9. The number of fused-ring (bicyclic) bond motifs is 1. The van der Waals surface area contributed by atoms with Crippen LogP contribution in [0.2, 0.25) is 10.1 Å². The van der Waals surface area contributed by atoms with E-state index in [1.54, 1.807) is 0 Å². The normalized spacial score (nSPS) is 17.7. The van der Waals surface area contributed by atoms with Crippen molar-refractivity contribution in [3.63, 3.8) is 0 Å². The third kappa shape index (κ3) is 6.84. The Balaban J connectivity index is 1.40. The molecule has 0 N–H and O–H groups in total. The molecular formula is C53H54O3Si2. The SMILES string of the molecule is CC(C)(C)[Si](O[C@H]1CC[C@H](O[Si](c2ccccc2)(c2ccccc2)C(C)(C)C)C2=C(c3ccccc3)C(=O)C(c3ccccc3)=C21)(c1ccccc1)c1ccccc1. The van der Waals surface area contributed by atoms with Crippen molar-refractivity contribution in [2.75, 3.05) is 0 Å². The first-order valence-electron chi connectivity index (χ1n) is 20.7. The molecule has 6 aromatic carbocycles. The molecule has 2 aliphatic rings. The first-order valence-corrected chi connectivity index (χ1v) is 24.5. The van der Waals surface area contributed by atoms with Crippen molar-refractivity contribution in [1.82, 2.24) is 0 Å². The Bertz CT molecular complexity index is 2160. The van der Waals surface area contributed by atoms with Crippen LogP contribution in [-0.2, 0) is 13.6 Å². The minimum Gasteiger partial charge on any atom is -0.400 e. The Morgan fingerprint density at radius 1 is 0.397 bits per heavy atom. The van der Waals surface area contributed by atoms with Crippen LogP contribution >= 0.6 is 0 Å². The summed E-state index contributed by atoms with van der Waals surface area (Å²) in [6.45, 7) is 14.0. The maximum Gasteiger partial charge on any atom is 0.261 e. The van der Waals surface area contributed by atoms with Gasteiger partial charge >= 0.3 is 0 Å². The van der Waals surface area contributed by atoms with Crippen molar-refractivity contribution >= 4 is 54.3 Å². The van der Waals surface area contributed by atoms with E-state index in [9.17, 15) is 0 Å². The van der Waals surface area contributed by atoms with Crippen LogP contribution in [0, 0.1) is 0 Å². The van der Waals surface area contributed by atoms with Crippen LogP contribution in [0.5, 0.6) is 0 Å². The Morgan fingerprint density at radius 3 is 0.879 bits per heavy atom. The highest BCUT2D eigenvalue weighted by atomic mass is 28.4. The van der Waals surface area contributed by atoms with Gasteiger partial charge in [0.2, 0.25) is 0 Å². The van der Waals surface area contributed by atoms with E-state index in [2.05, 4.69) is 187 Å². The molecule has 0 unspecified atom stereocenters. The van der Waals surface area contributed by atoms with Crippen LogP contribution in [0.4, 0.5) is 0 Å². The van der Waals surface area contributed by atoms with Crippen LogP contribution in [0.3, 0.4) is 0 Å². The molecule has 8 rings (SSSR count). The van der Waals surface area contributed by atoms with Gasteiger partial charge in [-0.2, -0.15) is 0 Å². The van der Waals surface area contributed by atoms with Gasteiger partial charge in [-0.3, -0.25) is 4.79 Å². The number of allylic oxidation sites excluding steroid dienone is 2. The summed E-state index contributed by atoms with van der Waals surface area (Å²) in [4.78, 5) is 15.6. The van der Waals surface area contributed by atoms with Crippen molar-refractivity contribution in [2.24, 2.45) is 0 Å². The highest BCUT2D eigenvalue weighted by Gasteiger charge is 2.57. The molecule has 2 atom stereocenters. The van der Waals surface area contributed by atoms with E-state index in [-0.39, 0.29) is 28.1 Å². The van der Waals surface area contributed by atoms with Gasteiger partial charge in [0.1, 0.15) is 0 Å². The zero-order valence-corrected chi connectivity index (χ0v) is 36.6. The van der Waals surface area contributed by atoms with E-state index in [1.165, 1.54) is 20.7 Å². The molecule has 0 radical (unpaired) electrons. The van der Waals surface area contributed by atoms with E-state index >= 15 is 4.79 Å². The molecule has 0 spiro atoms. The summed E-state index contributed by atoms with van der Waals surface area (Å²) in [5.74, 6) is 0.0383. The number of ketones is 1. The van der Waals surface area contributed by atoms with Gasteiger partial charge in [-0.25, -0.2) is 0 Å². The standard InChI is InChI=1S/C53H54O3Si2/c1-52(2,3)57(41-29-17-9-18-30-41,42-31-19-10-20-32-42)55-45-37-38-46(56-58(53(4,5)6,43-33-21-11-22-34-43)44-35-23-12-24-36-44)50-48(40-27-15-8-16-28-40)51(54)47(49(45)50)39-25-13-7-14-26-39/h7-36,45-46H,37-38H2,1-6H3/t45-,46-/m0/s1. The molecule has 292 valence electrons. The second kappa shape index (κ2) is 15.9. The lowest BCUT2D eigenvalue weighted by molar-refractivity contribution is -0.108. The molecule has 58 heavy (non-hydrogen) atoms. The van der Waals surface area contributed by atoms with Crippen LogP contribution in [0.25, 0.3) is 11.1 Å². The van der Waals surface area contributed by atoms with Crippen molar-refractivity contribution < 1.29 is 13.6 Å². The van der Waals surface area contributed by atoms with Crippen molar-refractivity contribution in [2.45, 2.75) is 76.7 Å². The van der Waals surface area contributed by atoms with Gasteiger partial charge in [-0.1, -0.05) is 224 Å². The maximum atomic E-state index is 15.6. The quantitative estimate of drug-likeness (QED) is 0.130. The van der Waals surface area contributed by atoms with Gasteiger partial charge in [-0.15, -0.1) is 0 Å². The van der Waals surface area contributed by atoms with Crippen LogP contribution < -0.4 is 20.7 Å². The van der Waals surface area contributed by atoms with Gasteiger partial charge in [0.25, 0.3) is 16.6 Å². The molecule has 3 nitrogen and oxygen atoms in total. The van der Waals surface area contributed by atoms with E-state index in [4.69, 9.17) is 8.85 Å². The van der Waals surface area contributed by atoms with E-state index in [0.29, 0.717) is 12.8 Å². The molecule has 1 saturated carbocycles. The number of carbonyl (C=O) groups excluding carboxylic acids is 1. The van der Waals surface area contributed by atoms with Crippen molar-refractivity contribution in [3.05, 3.63) is 204 Å². The number of hydrogen-bond donors (Lipinski definition) is 0. The molecule has 2 aliphatic carbocycles. The maximum absolute atomic E-state index is 15.6. The Morgan fingerprint density at radius 2 is 0.638 bits per heavy atom. The largest absolute Gasteiger partial charge is 0.400 e. The summed E-state index contributed by atoms with van der Waals surface area (Å²) in [6, 6.07) is 63.9. The molecule has 0 heterocycles. The third-order valence-corrected chi connectivity index (χ3v) is 22.3. The third-order valence-electron chi connectivity index (χ3n) is 12.2. The minimum atomic E-state index is -3.05. The van der Waals surface area contributed by atoms with E-state index < -0.39 is 16.6 Å². The van der Waals surface area contributed by atoms with Crippen molar-refractivity contribution in [3.8, 4) is 0 Å². The van der Waals surface area contributed by atoms with E-state index in [1.807, 2.05) is 36.4 Å². The van der Waals surface area contributed by atoms with Crippen LogP contribution in [-0.4, -0.2) is 34.6 Å². The molecular weight excluding hydrogens is 741 g/mol. The number of benzene rings is 6. The zero-order valence-electron chi connectivity index (χ0n) is 34.6. The lowest BCUT2D eigenvalue weighted by Gasteiger charge is -2.49. The smallest absolute Gasteiger partial charge is 0.261 e. The fourth-order valence-corrected chi connectivity index (χ4v) is 19.1.